The van der Waals surface area contributed by atoms with Gasteiger partial charge in [-0.3, -0.25) is 4.79 Å². The zero-order chi connectivity index (χ0) is 14.5. The van der Waals surface area contributed by atoms with Gasteiger partial charge in [-0.05, 0) is 24.1 Å². The van der Waals surface area contributed by atoms with Gasteiger partial charge in [0.05, 0.1) is 5.75 Å². The van der Waals surface area contributed by atoms with Gasteiger partial charge in [0.15, 0.2) is 0 Å². The Kier molecular flexibility index (Phi) is 5.96. The van der Waals surface area contributed by atoms with Crippen LogP contribution < -0.4 is 0 Å². The number of rotatable bonds is 7. The first-order chi connectivity index (χ1) is 8.81. The van der Waals surface area contributed by atoms with Crippen molar-refractivity contribution in [1.29, 1.82) is 0 Å². The van der Waals surface area contributed by atoms with Crippen molar-refractivity contribution in [3.63, 3.8) is 0 Å². The predicted molar refractivity (Wildman–Crippen MR) is 76.3 cm³/mol. The number of aliphatic carboxylic acids is 1. The van der Waals surface area contributed by atoms with Gasteiger partial charge in [-0.2, -0.15) is 0 Å². The summed E-state index contributed by atoms with van der Waals surface area (Å²) in [7, 11) is -1.92. The van der Waals surface area contributed by atoms with Crippen molar-refractivity contribution in [2.45, 2.75) is 19.4 Å². The summed E-state index contributed by atoms with van der Waals surface area (Å²) in [6.07, 6.45) is -0.00948. The van der Waals surface area contributed by atoms with Crippen LogP contribution in [-0.4, -0.2) is 36.6 Å². The molecule has 0 atom stereocenters. The summed E-state index contributed by atoms with van der Waals surface area (Å²) in [4.78, 5) is 10.4. The highest BCUT2D eigenvalue weighted by atomic mass is 79.9. The first-order valence-electron chi connectivity index (χ1n) is 5.71. The molecule has 0 spiro atoms. The molecule has 0 bridgehead atoms. The molecule has 1 rings (SSSR count). The van der Waals surface area contributed by atoms with Crippen molar-refractivity contribution in [3.8, 4) is 0 Å². The van der Waals surface area contributed by atoms with Crippen molar-refractivity contribution in [1.82, 2.24) is 4.31 Å². The maximum absolute atomic E-state index is 11.9. The molecule has 0 aromatic heterocycles. The lowest BCUT2D eigenvalue weighted by atomic mass is 10.2. The third-order valence-electron chi connectivity index (χ3n) is 2.56. The molecular weight excluding hydrogens is 334 g/mol. The van der Waals surface area contributed by atoms with Crippen molar-refractivity contribution < 1.29 is 18.3 Å². The van der Waals surface area contributed by atoms with E-state index in [1.54, 1.807) is 0 Å². The molecule has 106 valence electrons. The van der Waals surface area contributed by atoms with Gasteiger partial charge in [0, 0.05) is 24.5 Å². The molecule has 1 N–H and O–H groups in total. The summed E-state index contributed by atoms with van der Waals surface area (Å²) in [5.74, 6) is -1.13. The van der Waals surface area contributed by atoms with E-state index < -0.39 is 16.0 Å². The second-order valence-corrected chi connectivity index (χ2v) is 7.31. The van der Waals surface area contributed by atoms with E-state index >= 15 is 0 Å². The van der Waals surface area contributed by atoms with Gasteiger partial charge in [-0.1, -0.05) is 28.1 Å². The molecule has 0 amide bonds. The zero-order valence-electron chi connectivity index (χ0n) is 10.5. The topological polar surface area (TPSA) is 74.7 Å². The van der Waals surface area contributed by atoms with Crippen molar-refractivity contribution in [2.24, 2.45) is 0 Å². The highest BCUT2D eigenvalue weighted by Crippen LogP contribution is 2.14. The molecule has 1 aromatic rings. The van der Waals surface area contributed by atoms with E-state index in [0.717, 1.165) is 10.0 Å². The van der Waals surface area contributed by atoms with Crippen molar-refractivity contribution in [3.05, 3.63) is 34.3 Å². The standard InChI is InChI=1S/C12H16BrNO4S/c1-14(9-10-4-2-5-11(13)8-10)19(17,18)7-3-6-12(15)16/h2,4-5,8H,3,6-7,9H2,1H3,(H,15,16). The van der Waals surface area contributed by atoms with Crippen LogP contribution >= 0.6 is 15.9 Å². The van der Waals surface area contributed by atoms with E-state index in [0.29, 0.717) is 0 Å². The molecule has 19 heavy (non-hydrogen) atoms. The highest BCUT2D eigenvalue weighted by Gasteiger charge is 2.18. The summed E-state index contributed by atoms with van der Waals surface area (Å²) in [5.41, 5.74) is 0.874. The number of sulfonamides is 1. The minimum atomic E-state index is -3.41. The normalized spacial score (nSPS) is 11.7. The summed E-state index contributed by atoms with van der Waals surface area (Å²) in [6, 6.07) is 7.40. The first kappa shape index (κ1) is 16.1. The monoisotopic (exact) mass is 349 g/mol. The van der Waals surface area contributed by atoms with E-state index in [1.807, 2.05) is 24.3 Å². The Morgan fingerprint density at radius 2 is 2.11 bits per heavy atom. The summed E-state index contributed by atoms with van der Waals surface area (Å²) in [6.45, 7) is 0.273. The molecule has 0 fully saturated rings. The Hall–Kier alpha value is -0.920. The number of hydrogen-bond donors (Lipinski definition) is 1. The molecule has 0 unspecified atom stereocenters. The number of hydrogen-bond acceptors (Lipinski definition) is 3. The molecule has 0 saturated heterocycles. The van der Waals surface area contributed by atoms with Crippen LogP contribution in [0.4, 0.5) is 0 Å². The number of halogens is 1. The Morgan fingerprint density at radius 1 is 1.42 bits per heavy atom. The van der Waals surface area contributed by atoms with Crippen LogP contribution in [0, 0.1) is 0 Å². The van der Waals surface area contributed by atoms with Crippen LogP contribution in [0.2, 0.25) is 0 Å². The second-order valence-electron chi connectivity index (χ2n) is 4.20. The van der Waals surface area contributed by atoms with Gasteiger partial charge < -0.3 is 5.11 Å². The molecule has 0 radical (unpaired) electrons. The van der Waals surface area contributed by atoms with Crippen LogP contribution in [0.5, 0.6) is 0 Å². The van der Waals surface area contributed by atoms with Gasteiger partial charge in [-0.15, -0.1) is 0 Å². The molecular formula is C12H16BrNO4S. The third-order valence-corrected chi connectivity index (χ3v) is 4.94. The molecule has 0 aliphatic rings. The fourth-order valence-electron chi connectivity index (χ4n) is 1.55. The van der Waals surface area contributed by atoms with E-state index in [4.69, 9.17) is 5.11 Å². The van der Waals surface area contributed by atoms with Crippen LogP contribution in [-0.2, 0) is 21.4 Å². The van der Waals surface area contributed by atoms with Crippen molar-refractivity contribution >= 4 is 31.9 Å². The van der Waals surface area contributed by atoms with Gasteiger partial charge in [0.1, 0.15) is 0 Å². The fourth-order valence-corrected chi connectivity index (χ4v) is 3.17. The smallest absolute Gasteiger partial charge is 0.303 e. The minimum absolute atomic E-state index is 0.125. The molecule has 5 nitrogen and oxygen atoms in total. The average Bonchev–Trinajstić information content (AvgIpc) is 2.28. The maximum Gasteiger partial charge on any atom is 0.303 e. The third kappa shape index (κ3) is 5.71. The lowest BCUT2D eigenvalue weighted by Gasteiger charge is -2.17. The molecule has 7 heteroatoms. The average molecular weight is 350 g/mol. The minimum Gasteiger partial charge on any atom is -0.481 e. The Balaban J connectivity index is 2.61. The number of carboxylic acids is 1. The summed E-state index contributed by atoms with van der Waals surface area (Å²) in [5, 5.41) is 8.50. The number of carbonyl (C=O) groups is 1. The van der Waals surface area contributed by atoms with E-state index in [-0.39, 0.29) is 25.1 Å². The SMILES string of the molecule is CN(Cc1cccc(Br)c1)S(=O)(=O)CCCC(=O)O. The number of carboxylic acid groups (broad SMARTS) is 1. The van der Waals surface area contributed by atoms with E-state index in [9.17, 15) is 13.2 Å². The zero-order valence-corrected chi connectivity index (χ0v) is 12.9. The largest absolute Gasteiger partial charge is 0.481 e. The fraction of sp³-hybridized carbons (Fsp3) is 0.417. The van der Waals surface area contributed by atoms with E-state index in [1.165, 1.54) is 11.4 Å². The Bertz CT molecular complexity index is 544. The Labute approximate surface area is 121 Å². The molecule has 0 saturated carbocycles. The molecule has 0 aliphatic carbocycles. The first-order valence-corrected chi connectivity index (χ1v) is 8.12. The number of benzene rings is 1. The van der Waals surface area contributed by atoms with Crippen LogP contribution in [0.3, 0.4) is 0 Å². The molecule has 0 heterocycles. The summed E-state index contributed by atoms with van der Waals surface area (Å²) < 4.78 is 26.0. The predicted octanol–water partition coefficient (Wildman–Crippen LogP) is 2.08. The van der Waals surface area contributed by atoms with Gasteiger partial charge >= 0.3 is 5.97 Å². The summed E-state index contributed by atoms with van der Waals surface area (Å²) >= 11 is 3.33. The Morgan fingerprint density at radius 3 is 2.68 bits per heavy atom. The lowest BCUT2D eigenvalue weighted by Crippen LogP contribution is -2.29. The van der Waals surface area contributed by atoms with E-state index in [2.05, 4.69) is 15.9 Å². The number of nitrogens with zero attached hydrogens (tertiary/aromatic N) is 1. The maximum atomic E-state index is 11.9. The molecule has 0 aliphatic heterocycles. The van der Waals surface area contributed by atoms with Crippen molar-refractivity contribution in [2.75, 3.05) is 12.8 Å². The van der Waals surface area contributed by atoms with Gasteiger partial charge in [-0.25, -0.2) is 12.7 Å². The van der Waals surface area contributed by atoms with Crippen LogP contribution in [0.15, 0.2) is 28.7 Å². The van der Waals surface area contributed by atoms with Gasteiger partial charge in [0.25, 0.3) is 0 Å². The van der Waals surface area contributed by atoms with Crippen LogP contribution in [0.1, 0.15) is 18.4 Å². The second kappa shape index (κ2) is 7.02. The highest BCUT2D eigenvalue weighted by molar-refractivity contribution is 9.10. The van der Waals surface area contributed by atoms with Crippen LogP contribution in [0.25, 0.3) is 0 Å². The molecule has 1 aromatic carbocycles. The van der Waals surface area contributed by atoms with Gasteiger partial charge in [0.2, 0.25) is 10.0 Å². The quantitative estimate of drug-likeness (QED) is 0.817. The lowest BCUT2D eigenvalue weighted by molar-refractivity contribution is -0.137.